The van der Waals surface area contributed by atoms with Crippen LogP contribution in [0.1, 0.15) is 28.7 Å². The summed E-state index contributed by atoms with van der Waals surface area (Å²) in [6.45, 7) is 1.56. The van der Waals surface area contributed by atoms with Crippen LogP contribution in [0.4, 0.5) is 0 Å². The van der Waals surface area contributed by atoms with Gasteiger partial charge in [0.2, 0.25) is 0 Å². The molecule has 30 heavy (non-hydrogen) atoms. The highest BCUT2D eigenvalue weighted by atomic mass is 16.5. The summed E-state index contributed by atoms with van der Waals surface area (Å²) in [4.78, 5) is 0. The van der Waals surface area contributed by atoms with Gasteiger partial charge < -0.3 is 25.4 Å². The van der Waals surface area contributed by atoms with E-state index in [-0.39, 0.29) is 13.2 Å². The Bertz CT molecular complexity index is 1030. The van der Waals surface area contributed by atoms with Gasteiger partial charge in [-0.2, -0.15) is 0 Å². The van der Waals surface area contributed by atoms with Crippen LogP contribution in [0.15, 0.2) is 60.7 Å². The van der Waals surface area contributed by atoms with E-state index in [2.05, 4.69) is 19.1 Å². The van der Waals surface area contributed by atoms with Gasteiger partial charge in [-0.1, -0.05) is 29.8 Å². The number of nitrogens with two attached hydrogens (primary N) is 1. The topological polar surface area (TPSA) is 84.9 Å². The van der Waals surface area contributed by atoms with Gasteiger partial charge in [0.05, 0.1) is 18.8 Å². The van der Waals surface area contributed by atoms with E-state index in [1.807, 2.05) is 48.5 Å². The number of aryl methyl sites for hydroxylation is 2. The number of hydrogen-bond acceptors (Lipinski definition) is 5. The number of aliphatic hydroxyl groups is 2. The first-order valence-electron chi connectivity index (χ1n) is 10.2. The smallest absolute Gasteiger partial charge is 0.131 e. The standard InChI is InChI=1S/C25H27NO4/c1-17-2-6-21(7-3-17)29-22-8-9-23-20(14-22)13-19-5-4-18(12-24(19)30-23)10-11-25(26,15-27)16-28/h2-9,12,14,27-28H,10-11,13,15-16,26H2,1H3. The molecule has 0 fully saturated rings. The van der Waals surface area contributed by atoms with Gasteiger partial charge in [0.1, 0.15) is 23.0 Å². The average Bonchev–Trinajstić information content (AvgIpc) is 2.77. The minimum atomic E-state index is -0.961. The third-order valence-corrected chi connectivity index (χ3v) is 5.56. The molecular formula is C25H27NO4. The van der Waals surface area contributed by atoms with Gasteiger partial charge in [0.25, 0.3) is 0 Å². The van der Waals surface area contributed by atoms with E-state index in [9.17, 15) is 10.2 Å². The van der Waals surface area contributed by atoms with E-state index in [0.717, 1.165) is 46.1 Å². The van der Waals surface area contributed by atoms with Crippen LogP contribution in [0, 0.1) is 6.92 Å². The minimum Gasteiger partial charge on any atom is -0.457 e. The molecule has 0 aliphatic carbocycles. The summed E-state index contributed by atoms with van der Waals surface area (Å²) >= 11 is 0. The summed E-state index contributed by atoms with van der Waals surface area (Å²) in [6.07, 6.45) is 1.92. The van der Waals surface area contributed by atoms with E-state index in [1.54, 1.807) is 0 Å². The molecule has 4 rings (SSSR count). The Hall–Kier alpha value is -2.86. The third-order valence-electron chi connectivity index (χ3n) is 5.56. The van der Waals surface area contributed by atoms with Crippen LogP contribution < -0.4 is 15.2 Å². The molecule has 0 saturated heterocycles. The van der Waals surface area contributed by atoms with Crippen molar-refractivity contribution in [3.63, 3.8) is 0 Å². The Morgan fingerprint density at radius 1 is 0.900 bits per heavy atom. The predicted molar refractivity (Wildman–Crippen MR) is 116 cm³/mol. The molecule has 0 saturated carbocycles. The average molecular weight is 405 g/mol. The molecule has 1 aliphatic heterocycles. The maximum Gasteiger partial charge on any atom is 0.131 e. The van der Waals surface area contributed by atoms with Crippen molar-refractivity contribution in [3.8, 4) is 23.0 Å². The monoisotopic (exact) mass is 405 g/mol. The second-order valence-electron chi connectivity index (χ2n) is 8.08. The SMILES string of the molecule is Cc1ccc(Oc2ccc3c(c2)Cc2ccc(CCC(N)(CO)CO)cc2O3)cc1. The van der Waals surface area contributed by atoms with E-state index in [0.29, 0.717) is 12.8 Å². The molecule has 0 bridgehead atoms. The van der Waals surface area contributed by atoms with Gasteiger partial charge >= 0.3 is 0 Å². The maximum atomic E-state index is 9.37. The third kappa shape index (κ3) is 4.49. The fraction of sp³-hybridized carbons (Fsp3) is 0.280. The quantitative estimate of drug-likeness (QED) is 0.431. The zero-order chi connectivity index (χ0) is 21.1. The molecule has 5 nitrogen and oxygen atoms in total. The summed E-state index contributed by atoms with van der Waals surface area (Å²) in [7, 11) is 0. The Morgan fingerprint density at radius 3 is 2.37 bits per heavy atom. The van der Waals surface area contributed by atoms with Crippen LogP contribution in [-0.4, -0.2) is 29.0 Å². The van der Waals surface area contributed by atoms with Crippen molar-refractivity contribution in [1.29, 1.82) is 0 Å². The van der Waals surface area contributed by atoms with Crippen LogP contribution >= 0.6 is 0 Å². The van der Waals surface area contributed by atoms with Gasteiger partial charge in [0, 0.05) is 12.0 Å². The lowest BCUT2D eigenvalue weighted by Gasteiger charge is -2.25. The van der Waals surface area contributed by atoms with E-state index >= 15 is 0 Å². The van der Waals surface area contributed by atoms with Crippen molar-refractivity contribution in [2.24, 2.45) is 5.73 Å². The second kappa shape index (κ2) is 8.48. The number of hydrogen-bond donors (Lipinski definition) is 3. The van der Waals surface area contributed by atoms with Gasteiger partial charge in [-0.05, 0) is 67.3 Å². The Balaban J connectivity index is 1.47. The van der Waals surface area contributed by atoms with Crippen LogP contribution in [0.2, 0.25) is 0 Å². The van der Waals surface area contributed by atoms with Gasteiger partial charge in [-0.15, -0.1) is 0 Å². The first kappa shape index (κ1) is 20.4. The van der Waals surface area contributed by atoms with Crippen LogP contribution in [0.5, 0.6) is 23.0 Å². The zero-order valence-electron chi connectivity index (χ0n) is 17.1. The van der Waals surface area contributed by atoms with Crippen molar-refractivity contribution in [2.75, 3.05) is 13.2 Å². The molecule has 5 heteroatoms. The van der Waals surface area contributed by atoms with Crippen molar-refractivity contribution >= 4 is 0 Å². The van der Waals surface area contributed by atoms with Crippen molar-refractivity contribution < 1.29 is 19.7 Å². The number of fused-ring (bicyclic) bond motifs is 2. The first-order chi connectivity index (χ1) is 14.5. The molecule has 3 aromatic rings. The number of ether oxygens (including phenoxy) is 2. The largest absolute Gasteiger partial charge is 0.457 e. The van der Waals surface area contributed by atoms with E-state index in [4.69, 9.17) is 15.2 Å². The molecule has 156 valence electrons. The Labute approximate surface area is 176 Å². The molecule has 1 heterocycles. The van der Waals surface area contributed by atoms with E-state index in [1.165, 1.54) is 5.56 Å². The molecule has 0 aromatic heterocycles. The molecule has 0 amide bonds. The fourth-order valence-corrected chi connectivity index (χ4v) is 3.52. The highest BCUT2D eigenvalue weighted by molar-refractivity contribution is 5.53. The van der Waals surface area contributed by atoms with Crippen molar-refractivity contribution in [3.05, 3.63) is 82.9 Å². The van der Waals surface area contributed by atoms with Crippen LogP contribution in [-0.2, 0) is 12.8 Å². The van der Waals surface area contributed by atoms with Gasteiger partial charge in [-0.25, -0.2) is 0 Å². The normalized spacial score (nSPS) is 12.7. The minimum absolute atomic E-state index is 0.245. The molecule has 0 atom stereocenters. The predicted octanol–water partition coefficient (Wildman–Crippen LogP) is 4.10. The molecule has 0 spiro atoms. The summed E-state index contributed by atoms with van der Waals surface area (Å²) in [5.41, 5.74) is 9.48. The van der Waals surface area contributed by atoms with E-state index < -0.39 is 5.54 Å². The van der Waals surface area contributed by atoms with Crippen LogP contribution in [0.25, 0.3) is 0 Å². The summed E-state index contributed by atoms with van der Waals surface area (Å²) in [5, 5.41) is 18.7. The number of aliphatic hydroxyl groups excluding tert-OH is 2. The van der Waals surface area contributed by atoms with Crippen molar-refractivity contribution in [2.45, 2.75) is 31.7 Å². The lowest BCUT2D eigenvalue weighted by atomic mass is 9.92. The van der Waals surface area contributed by atoms with Crippen molar-refractivity contribution in [1.82, 2.24) is 0 Å². The maximum absolute atomic E-state index is 9.37. The van der Waals surface area contributed by atoms with Crippen LogP contribution in [0.3, 0.4) is 0 Å². The number of benzene rings is 3. The van der Waals surface area contributed by atoms with Gasteiger partial charge in [-0.3, -0.25) is 0 Å². The molecule has 0 unspecified atom stereocenters. The first-order valence-corrected chi connectivity index (χ1v) is 10.2. The number of rotatable bonds is 7. The fourth-order valence-electron chi connectivity index (χ4n) is 3.52. The second-order valence-corrected chi connectivity index (χ2v) is 8.08. The lowest BCUT2D eigenvalue weighted by Crippen LogP contribution is -2.47. The van der Waals surface area contributed by atoms with Gasteiger partial charge in [0.15, 0.2) is 0 Å². The molecule has 3 aromatic carbocycles. The summed E-state index contributed by atoms with van der Waals surface area (Å²) in [6, 6.07) is 20.0. The Kier molecular flexibility index (Phi) is 5.77. The lowest BCUT2D eigenvalue weighted by molar-refractivity contribution is 0.115. The molecule has 0 radical (unpaired) electrons. The highest BCUT2D eigenvalue weighted by Gasteiger charge is 2.23. The molecule has 1 aliphatic rings. The molecule has 4 N–H and O–H groups in total. The highest BCUT2D eigenvalue weighted by Crippen LogP contribution is 2.39. The molecular weight excluding hydrogens is 378 g/mol. The summed E-state index contributed by atoms with van der Waals surface area (Å²) < 4.78 is 12.1. The Morgan fingerprint density at radius 2 is 1.63 bits per heavy atom. The zero-order valence-corrected chi connectivity index (χ0v) is 17.1. The summed E-state index contributed by atoms with van der Waals surface area (Å²) in [5.74, 6) is 3.26.